The highest BCUT2D eigenvalue weighted by atomic mass is 31.2. The lowest BCUT2D eigenvalue weighted by atomic mass is 9.87. The SMILES string of the molecule is CC1CCC(OC(=O)C(C)(C)NP(=O)(CO[C@H](C)Cn2cnc3c(N)ccnc32)NC(C)(C)C(=O)OC2CCC(C(F)(F)F)CC2)CC1. The molecule has 0 bridgehead atoms. The maximum absolute atomic E-state index is 14.7. The monoisotopic (exact) mass is 702 g/mol. The van der Waals surface area contributed by atoms with Crippen LogP contribution >= 0.6 is 7.44 Å². The largest absolute Gasteiger partial charge is 0.461 e. The summed E-state index contributed by atoms with van der Waals surface area (Å²) in [6, 6.07) is 1.65. The molecular formula is C32H50F3N6O6P. The number of pyridine rings is 1. The number of hydrogen-bond acceptors (Lipinski definition) is 9. The van der Waals surface area contributed by atoms with E-state index in [1.165, 1.54) is 13.8 Å². The van der Waals surface area contributed by atoms with Crippen LogP contribution in [0.2, 0.25) is 0 Å². The molecule has 0 radical (unpaired) electrons. The van der Waals surface area contributed by atoms with E-state index in [1.807, 2.05) is 0 Å². The molecule has 0 amide bonds. The summed E-state index contributed by atoms with van der Waals surface area (Å²) in [6.45, 7) is 10.3. The van der Waals surface area contributed by atoms with Crippen LogP contribution in [0.15, 0.2) is 18.6 Å². The van der Waals surface area contributed by atoms with Crippen molar-refractivity contribution in [2.24, 2.45) is 11.8 Å². The maximum atomic E-state index is 14.7. The number of nitrogens with two attached hydrogens (primary N) is 1. The van der Waals surface area contributed by atoms with Gasteiger partial charge in [-0.05, 0) is 98.0 Å². The number of anilines is 1. The Morgan fingerprint density at radius 2 is 1.48 bits per heavy atom. The van der Waals surface area contributed by atoms with Crippen LogP contribution in [0, 0.1) is 11.8 Å². The third-order valence-electron chi connectivity index (χ3n) is 9.12. The zero-order chi connectivity index (χ0) is 35.5. The third-order valence-corrected chi connectivity index (χ3v) is 11.5. The van der Waals surface area contributed by atoms with Crippen molar-refractivity contribution < 1.29 is 41.5 Å². The van der Waals surface area contributed by atoms with Gasteiger partial charge >= 0.3 is 18.1 Å². The number of imidazole rings is 1. The lowest BCUT2D eigenvalue weighted by Crippen LogP contribution is -2.54. The van der Waals surface area contributed by atoms with Crippen LogP contribution < -0.4 is 15.9 Å². The van der Waals surface area contributed by atoms with Gasteiger partial charge in [-0.25, -0.2) is 20.1 Å². The fourth-order valence-corrected chi connectivity index (χ4v) is 8.85. The highest BCUT2D eigenvalue weighted by molar-refractivity contribution is 7.59. The predicted molar refractivity (Wildman–Crippen MR) is 175 cm³/mol. The molecule has 12 nitrogen and oxygen atoms in total. The van der Waals surface area contributed by atoms with Crippen molar-refractivity contribution in [3.8, 4) is 0 Å². The molecule has 270 valence electrons. The van der Waals surface area contributed by atoms with Crippen molar-refractivity contribution in [1.29, 1.82) is 0 Å². The minimum Gasteiger partial charge on any atom is -0.461 e. The van der Waals surface area contributed by atoms with Crippen LogP contribution in [0.4, 0.5) is 18.9 Å². The zero-order valence-corrected chi connectivity index (χ0v) is 29.5. The van der Waals surface area contributed by atoms with Crippen molar-refractivity contribution in [2.75, 3.05) is 12.1 Å². The number of nitrogen functional groups attached to an aromatic ring is 1. The number of alkyl halides is 3. The van der Waals surface area contributed by atoms with Gasteiger partial charge in [0.2, 0.25) is 7.44 Å². The molecule has 1 unspecified atom stereocenters. The van der Waals surface area contributed by atoms with Gasteiger partial charge in [0.1, 0.15) is 35.2 Å². The van der Waals surface area contributed by atoms with Gasteiger partial charge < -0.3 is 24.5 Å². The Hall–Kier alpha value is -2.74. The highest BCUT2D eigenvalue weighted by Gasteiger charge is 2.46. The molecule has 2 saturated carbocycles. The number of ether oxygens (including phenoxy) is 3. The van der Waals surface area contributed by atoms with Crippen LogP contribution in [-0.4, -0.2) is 68.4 Å². The number of nitrogens with one attached hydrogen (secondary N) is 2. The van der Waals surface area contributed by atoms with Crippen LogP contribution in [0.25, 0.3) is 11.2 Å². The Balaban J connectivity index is 1.46. The molecule has 2 aliphatic rings. The molecule has 2 aliphatic carbocycles. The molecule has 0 aliphatic heterocycles. The van der Waals surface area contributed by atoms with Gasteiger partial charge in [0.25, 0.3) is 0 Å². The second-order valence-electron chi connectivity index (χ2n) is 14.5. The molecule has 0 saturated heterocycles. The van der Waals surface area contributed by atoms with E-state index in [2.05, 4.69) is 27.1 Å². The zero-order valence-electron chi connectivity index (χ0n) is 28.6. The van der Waals surface area contributed by atoms with E-state index in [4.69, 9.17) is 19.9 Å². The quantitative estimate of drug-likeness (QED) is 0.164. The van der Waals surface area contributed by atoms with Gasteiger partial charge in [0.05, 0.1) is 30.6 Å². The molecule has 48 heavy (non-hydrogen) atoms. The van der Waals surface area contributed by atoms with Crippen LogP contribution in [0.3, 0.4) is 0 Å². The number of carbonyl (C=O) groups excluding carboxylic acids is 2. The Labute approximate surface area is 279 Å². The molecule has 2 fully saturated rings. The van der Waals surface area contributed by atoms with Crippen LogP contribution in [0.5, 0.6) is 0 Å². The average Bonchev–Trinajstić information content (AvgIpc) is 3.40. The number of hydrogen-bond donors (Lipinski definition) is 3. The summed E-state index contributed by atoms with van der Waals surface area (Å²) in [4.78, 5) is 35.4. The van der Waals surface area contributed by atoms with Gasteiger partial charge in [-0.15, -0.1) is 0 Å². The molecule has 2 aromatic heterocycles. The molecule has 16 heteroatoms. The number of esters is 2. The van der Waals surface area contributed by atoms with Crippen LogP contribution in [0.1, 0.15) is 92.9 Å². The smallest absolute Gasteiger partial charge is 0.391 e. The van der Waals surface area contributed by atoms with E-state index in [1.54, 1.807) is 43.9 Å². The van der Waals surface area contributed by atoms with Gasteiger partial charge in [-0.2, -0.15) is 13.2 Å². The lowest BCUT2D eigenvalue weighted by Gasteiger charge is -2.37. The summed E-state index contributed by atoms with van der Waals surface area (Å²) < 4.78 is 73.4. The minimum atomic E-state index is -4.29. The van der Waals surface area contributed by atoms with Crippen molar-refractivity contribution in [3.63, 3.8) is 0 Å². The minimum absolute atomic E-state index is 0.0742. The van der Waals surface area contributed by atoms with E-state index >= 15 is 0 Å². The fourth-order valence-electron chi connectivity index (χ4n) is 6.22. The standard InChI is InChI=1S/C32H50F3N6O6P/c1-20-7-11-23(12-8-20)46-28(42)30(3,4)39-48(44,19-45-21(2)17-41-18-38-26-25(36)15-16-37-27(26)41)40-31(5,6)29(43)47-24-13-9-22(10-14-24)32(33,34)35/h15-16,18,20-24H,7-14,17,19H2,1-6H3,(H2,36,37)(H2,39,40,44)/t20?,21-,22?,23?,24?,48?/m1/s1. The number of halogens is 3. The Morgan fingerprint density at radius 3 is 2.00 bits per heavy atom. The van der Waals surface area contributed by atoms with E-state index < -0.39 is 61.1 Å². The summed E-state index contributed by atoms with van der Waals surface area (Å²) >= 11 is 0. The Morgan fingerprint density at radius 1 is 0.958 bits per heavy atom. The fraction of sp³-hybridized carbons (Fsp3) is 0.750. The highest BCUT2D eigenvalue weighted by Crippen LogP contribution is 2.43. The lowest BCUT2D eigenvalue weighted by molar-refractivity contribution is -0.189. The number of rotatable bonds is 13. The first-order chi connectivity index (χ1) is 22.3. The van der Waals surface area contributed by atoms with Gasteiger partial charge in [0, 0.05) is 6.20 Å². The molecule has 2 atom stereocenters. The van der Waals surface area contributed by atoms with Crippen molar-refractivity contribution >= 4 is 36.2 Å². The third kappa shape index (κ3) is 9.92. The van der Waals surface area contributed by atoms with Crippen molar-refractivity contribution in [1.82, 2.24) is 24.7 Å². The van der Waals surface area contributed by atoms with Gasteiger partial charge in [0.15, 0.2) is 5.65 Å². The summed E-state index contributed by atoms with van der Waals surface area (Å²) in [5.41, 5.74) is 4.56. The molecule has 4 rings (SSSR count). The van der Waals surface area contributed by atoms with E-state index in [-0.39, 0.29) is 38.3 Å². The number of carbonyl (C=O) groups is 2. The molecule has 0 spiro atoms. The summed E-state index contributed by atoms with van der Waals surface area (Å²) in [6.07, 6.45) is 0.221. The number of nitrogens with zero attached hydrogens (tertiary/aromatic N) is 3. The number of aromatic nitrogens is 3. The Bertz CT molecular complexity index is 1470. The summed E-state index contributed by atoms with van der Waals surface area (Å²) in [7, 11) is -3.95. The van der Waals surface area contributed by atoms with E-state index in [0.29, 0.717) is 22.8 Å². The normalized spacial score (nSPS) is 24.5. The second kappa shape index (κ2) is 15.0. The second-order valence-corrected chi connectivity index (χ2v) is 16.7. The van der Waals surface area contributed by atoms with Crippen molar-refractivity contribution in [2.45, 2.75) is 135 Å². The molecule has 2 heterocycles. The maximum Gasteiger partial charge on any atom is 0.391 e. The van der Waals surface area contributed by atoms with Crippen molar-refractivity contribution in [3.05, 3.63) is 18.6 Å². The first-order valence-electron chi connectivity index (χ1n) is 16.6. The molecule has 4 N–H and O–H groups in total. The summed E-state index contributed by atoms with van der Waals surface area (Å²) in [5.74, 6) is -2.23. The summed E-state index contributed by atoms with van der Waals surface area (Å²) in [5, 5.41) is 5.79. The van der Waals surface area contributed by atoms with E-state index in [0.717, 1.165) is 25.7 Å². The first kappa shape index (κ1) is 38.1. The number of fused-ring (bicyclic) bond motifs is 1. The van der Waals surface area contributed by atoms with Crippen LogP contribution in [-0.2, 0) is 34.9 Å². The molecular weight excluding hydrogens is 652 g/mol. The topological polar surface area (TPSA) is 160 Å². The molecule has 0 aromatic carbocycles. The first-order valence-corrected chi connectivity index (χ1v) is 18.5. The Kier molecular flexibility index (Phi) is 11.9. The molecule has 2 aromatic rings. The average molecular weight is 703 g/mol. The predicted octanol–water partition coefficient (Wildman–Crippen LogP) is 6.09. The van der Waals surface area contributed by atoms with E-state index in [9.17, 15) is 27.3 Å². The van der Waals surface area contributed by atoms with Gasteiger partial charge in [-0.3, -0.25) is 14.2 Å². The van der Waals surface area contributed by atoms with Gasteiger partial charge in [-0.1, -0.05) is 6.92 Å².